The third kappa shape index (κ3) is 1.22. The molecule has 70 valence electrons. The number of halogens is 1. The quantitative estimate of drug-likeness (QED) is 0.618. The Balaban J connectivity index is 0.000000720. The molecule has 0 aromatic heterocycles. The van der Waals surface area contributed by atoms with Gasteiger partial charge in [0.15, 0.2) is 0 Å². The molecule has 0 radical (unpaired) electrons. The number of hydrogen-bond donors (Lipinski definition) is 1. The molecule has 2 atom stereocenters. The molecular weight excluding hydrogens is 174 g/mol. The van der Waals surface area contributed by atoms with E-state index in [0.29, 0.717) is 11.5 Å². The zero-order valence-electron chi connectivity index (χ0n) is 7.59. The lowest BCUT2D eigenvalue weighted by Gasteiger charge is -2.50. The number of hydrogen-bond acceptors (Lipinski definition) is 1. The molecule has 0 aromatic rings. The fourth-order valence-corrected chi connectivity index (χ4v) is 2.32. The second-order valence-electron chi connectivity index (χ2n) is 4.41. The largest absolute Gasteiger partial charge is 0.353 e. The summed E-state index contributed by atoms with van der Waals surface area (Å²) in [4.78, 5) is 11.1. The summed E-state index contributed by atoms with van der Waals surface area (Å²) in [6, 6.07) is 0.461. The van der Waals surface area contributed by atoms with Gasteiger partial charge < -0.3 is 5.32 Å². The Morgan fingerprint density at radius 2 is 2.17 bits per heavy atom. The molecule has 0 unspecified atom stereocenters. The number of carbonyl (C=O) groups excluding carboxylic acids is 1. The zero-order valence-corrected chi connectivity index (χ0v) is 8.41. The molecule has 2 saturated heterocycles. The molecule has 12 heavy (non-hydrogen) atoms. The standard InChI is InChI=1S/C9H15NO.ClH/c1-9(2)6-3-4-8(11)10-7(9)5-6;/h6-7H,3-5H2,1-2H3,(H,10,11);1H/t6-,7+;/m1./s1. The predicted molar refractivity (Wildman–Crippen MR) is 50.3 cm³/mol. The van der Waals surface area contributed by atoms with Crippen molar-refractivity contribution in [2.24, 2.45) is 11.3 Å². The Morgan fingerprint density at radius 3 is 2.75 bits per heavy atom. The molecule has 3 rings (SSSR count). The van der Waals surface area contributed by atoms with Gasteiger partial charge in [-0.3, -0.25) is 4.79 Å². The first-order chi connectivity index (χ1) is 5.10. The van der Waals surface area contributed by atoms with E-state index in [1.54, 1.807) is 0 Å². The van der Waals surface area contributed by atoms with Crippen molar-refractivity contribution in [1.82, 2.24) is 5.32 Å². The van der Waals surface area contributed by atoms with E-state index in [-0.39, 0.29) is 18.3 Å². The van der Waals surface area contributed by atoms with Crippen molar-refractivity contribution in [2.75, 3.05) is 0 Å². The molecule has 2 aliphatic heterocycles. The van der Waals surface area contributed by atoms with Crippen LogP contribution in [0.1, 0.15) is 33.1 Å². The first-order valence-corrected chi connectivity index (χ1v) is 4.40. The molecular formula is C9H16ClNO. The smallest absolute Gasteiger partial charge is 0.220 e. The Labute approximate surface area is 79.5 Å². The van der Waals surface area contributed by atoms with E-state index in [1.807, 2.05) is 0 Å². The van der Waals surface area contributed by atoms with Crippen LogP contribution in [0.3, 0.4) is 0 Å². The van der Waals surface area contributed by atoms with Crippen LogP contribution >= 0.6 is 12.4 Å². The van der Waals surface area contributed by atoms with Crippen molar-refractivity contribution < 1.29 is 4.79 Å². The van der Waals surface area contributed by atoms with Crippen molar-refractivity contribution >= 4 is 18.3 Å². The van der Waals surface area contributed by atoms with Gasteiger partial charge in [0.2, 0.25) is 5.91 Å². The topological polar surface area (TPSA) is 29.1 Å². The molecule has 0 spiro atoms. The summed E-state index contributed by atoms with van der Waals surface area (Å²) in [5.74, 6) is 1.04. The third-order valence-electron chi connectivity index (χ3n) is 3.53. The highest BCUT2D eigenvalue weighted by Gasteiger charge is 2.49. The van der Waals surface area contributed by atoms with Gasteiger partial charge >= 0.3 is 0 Å². The van der Waals surface area contributed by atoms with Gasteiger partial charge in [-0.15, -0.1) is 12.4 Å². The van der Waals surface area contributed by atoms with Crippen molar-refractivity contribution in [1.29, 1.82) is 0 Å². The number of carbonyl (C=O) groups is 1. The Morgan fingerprint density at radius 1 is 1.50 bits per heavy atom. The molecule has 3 fully saturated rings. The van der Waals surface area contributed by atoms with Crippen LogP contribution in [0.15, 0.2) is 0 Å². The molecule has 1 saturated carbocycles. The fraction of sp³-hybridized carbons (Fsp3) is 0.889. The molecule has 0 aromatic carbocycles. The normalized spacial score (nSPS) is 37.0. The highest BCUT2D eigenvalue weighted by Crippen LogP contribution is 2.49. The van der Waals surface area contributed by atoms with E-state index in [2.05, 4.69) is 19.2 Å². The fourth-order valence-electron chi connectivity index (χ4n) is 2.32. The first-order valence-electron chi connectivity index (χ1n) is 4.40. The molecule has 1 N–H and O–H groups in total. The monoisotopic (exact) mass is 189 g/mol. The second-order valence-corrected chi connectivity index (χ2v) is 4.41. The van der Waals surface area contributed by atoms with Crippen LogP contribution in [-0.4, -0.2) is 11.9 Å². The van der Waals surface area contributed by atoms with E-state index in [9.17, 15) is 4.79 Å². The van der Waals surface area contributed by atoms with Crippen LogP contribution in [0.5, 0.6) is 0 Å². The van der Waals surface area contributed by atoms with E-state index in [1.165, 1.54) is 6.42 Å². The number of nitrogens with one attached hydrogen (secondary N) is 1. The summed E-state index contributed by atoms with van der Waals surface area (Å²) in [5, 5.41) is 3.06. The second kappa shape index (κ2) is 2.91. The van der Waals surface area contributed by atoms with Gasteiger partial charge in [0.25, 0.3) is 0 Å². The minimum absolute atomic E-state index is 0. The van der Waals surface area contributed by atoms with Crippen LogP contribution in [0, 0.1) is 11.3 Å². The van der Waals surface area contributed by atoms with Crippen LogP contribution in [0.2, 0.25) is 0 Å². The average Bonchev–Trinajstić information content (AvgIpc) is 2.17. The van der Waals surface area contributed by atoms with Crippen LogP contribution < -0.4 is 5.32 Å². The minimum Gasteiger partial charge on any atom is -0.353 e. The van der Waals surface area contributed by atoms with Gasteiger partial charge in [0.1, 0.15) is 0 Å². The molecule has 2 nitrogen and oxygen atoms in total. The van der Waals surface area contributed by atoms with E-state index < -0.39 is 0 Å². The van der Waals surface area contributed by atoms with Gasteiger partial charge in [-0.2, -0.15) is 0 Å². The third-order valence-corrected chi connectivity index (χ3v) is 3.53. The molecule has 2 bridgehead atoms. The highest BCUT2D eigenvalue weighted by atomic mass is 35.5. The number of fused-ring (bicyclic) bond motifs is 3. The lowest BCUT2D eigenvalue weighted by molar-refractivity contribution is -0.122. The van der Waals surface area contributed by atoms with Gasteiger partial charge in [-0.05, 0) is 24.2 Å². The van der Waals surface area contributed by atoms with Crippen molar-refractivity contribution in [2.45, 2.75) is 39.2 Å². The van der Waals surface area contributed by atoms with E-state index >= 15 is 0 Å². The summed E-state index contributed by atoms with van der Waals surface area (Å²) in [6.45, 7) is 4.52. The van der Waals surface area contributed by atoms with E-state index in [0.717, 1.165) is 18.8 Å². The average molecular weight is 190 g/mol. The maximum absolute atomic E-state index is 11.1. The highest BCUT2D eigenvalue weighted by molar-refractivity contribution is 5.85. The lowest BCUT2D eigenvalue weighted by atomic mass is 9.58. The summed E-state index contributed by atoms with van der Waals surface area (Å²) in [6.07, 6.45) is 3.04. The van der Waals surface area contributed by atoms with Crippen LogP contribution in [0.4, 0.5) is 0 Å². The predicted octanol–water partition coefficient (Wildman–Crippen LogP) is 1.73. The maximum Gasteiger partial charge on any atom is 0.220 e. The summed E-state index contributed by atoms with van der Waals surface area (Å²) >= 11 is 0. The molecule has 1 amide bonds. The van der Waals surface area contributed by atoms with Crippen molar-refractivity contribution in [3.8, 4) is 0 Å². The molecule has 3 heteroatoms. The zero-order chi connectivity index (χ0) is 8.06. The molecule has 3 aliphatic rings. The molecule has 1 aliphatic carbocycles. The Hall–Kier alpha value is -0.240. The Kier molecular flexibility index (Phi) is 2.39. The van der Waals surface area contributed by atoms with E-state index in [4.69, 9.17) is 0 Å². The van der Waals surface area contributed by atoms with Crippen LogP contribution in [-0.2, 0) is 4.79 Å². The minimum atomic E-state index is 0. The summed E-state index contributed by atoms with van der Waals surface area (Å²) in [7, 11) is 0. The number of amides is 1. The summed E-state index contributed by atoms with van der Waals surface area (Å²) < 4.78 is 0. The van der Waals surface area contributed by atoms with Gasteiger partial charge in [-0.1, -0.05) is 13.8 Å². The number of rotatable bonds is 0. The SMILES string of the molecule is CC1(C)[C@@H]2CCC(=O)N[C@H]1C2.Cl. The van der Waals surface area contributed by atoms with Gasteiger partial charge in [0, 0.05) is 12.5 Å². The van der Waals surface area contributed by atoms with Crippen molar-refractivity contribution in [3.05, 3.63) is 0 Å². The maximum atomic E-state index is 11.1. The first kappa shape index (κ1) is 9.85. The Bertz CT molecular complexity index is 203. The summed E-state index contributed by atoms with van der Waals surface area (Å²) in [5.41, 5.74) is 0.367. The van der Waals surface area contributed by atoms with Crippen molar-refractivity contribution in [3.63, 3.8) is 0 Å². The van der Waals surface area contributed by atoms with Gasteiger partial charge in [0.05, 0.1) is 0 Å². The lowest BCUT2D eigenvalue weighted by Crippen LogP contribution is -2.55. The van der Waals surface area contributed by atoms with Crippen LogP contribution in [0.25, 0.3) is 0 Å². The van der Waals surface area contributed by atoms with Gasteiger partial charge in [-0.25, -0.2) is 0 Å². The molecule has 2 heterocycles.